The van der Waals surface area contributed by atoms with E-state index in [1.807, 2.05) is 12.1 Å². The smallest absolute Gasteiger partial charge is 0.0931 e. The van der Waals surface area contributed by atoms with Gasteiger partial charge in [-0.2, -0.15) is 0 Å². The van der Waals surface area contributed by atoms with Crippen molar-refractivity contribution in [3.8, 4) is 0 Å². The normalized spacial score (nSPS) is 33.2. The van der Waals surface area contributed by atoms with Crippen LogP contribution in [0.3, 0.4) is 0 Å². The quantitative estimate of drug-likeness (QED) is 0.846. The van der Waals surface area contributed by atoms with Gasteiger partial charge in [-0.3, -0.25) is 0 Å². The van der Waals surface area contributed by atoms with Gasteiger partial charge < -0.3 is 5.11 Å². The van der Waals surface area contributed by atoms with Gasteiger partial charge in [0.15, 0.2) is 0 Å². The molecule has 0 radical (unpaired) electrons. The molecule has 1 aliphatic rings. The minimum atomic E-state index is -0.544. The Morgan fingerprint density at radius 2 is 2.19 bits per heavy atom. The maximum atomic E-state index is 10.7. The number of hydrogen-bond acceptors (Lipinski definition) is 2. The SMILES string of the molecule is CC1CC(C)(C)CC1(O)Cc1ccc(Cl)s1. The molecule has 1 aliphatic carbocycles. The first-order valence-electron chi connectivity index (χ1n) is 5.77. The molecule has 0 spiro atoms. The molecule has 1 saturated carbocycles. The van der Waals surface area contributed by atoms with Crippen LogP contribution in [0.5, 0.6) is 0 Å². The van der Waals surface area contributed by atoms with Crippen LogP contribution in [0.25, 0.3) is 0 Å². The molecule has 1 nitrogen and oxygen atoms in total. The van der Waals surface area contributed by atoms with Crippen molar-refractivity contribution in [1.82, 2.24) is 0 Å². The lowest BCUT2D eigenvalue weighted by atomic mass is 9.86. The maximum absolute atomic E-state index is 10.7. The third-order valence-corrected chi connectivity index (χ3v) is 4.90. The molecule has 0 amide bonds. The van der Waals surface area contributed by atoms with E-state index in [1.54, 1.807) is 11.3 Å². The Balaban J connectivity index is 2.14. The van der Waals surface area contributed by atoms with Gasteiger partial charge in [-0.15, -0.1) is 11.3 Å². The predicted octanol–water partition coefficient (Wildman–Crippen LogP) is 4.13. The van der Waals surface area contributed by atoms with Crippen LogP contribution in [0.15, 0.2) is 12.1 Å². The van der Waals surface area contributed by atoms with E-state index in [4.69, 9.17) is 11.6 Å². The Kier molecular flexibility index (Phi) is 3.11. The fraction of sp³-hybridized carbons (Fsp3) is 0.692. The van der Waals surface area contributed by atoms with Crippen LogP contribution in [0, 0.1) is 11.3 Å². The van der Waals surface area contributed by atoms with E-state index in [0.29, 0.717) is 5.92 Å². The molecule has 16 heavy (non-hydrogen) atoms. The van der Waals surface area contributed by atoms with E-state index in [1.165, 1.54) is 4.88 Å². The fourth-order valence-corrected chi connectivity index (χ4v) is 4.28. The highest BCUT2D eigenvalue weighted by molar-refractivity contribution is 7.16. The summed E-state index contributed by atoms with van der Waals surface area (Å²) in [6.45, 7) is 6.63. The zero-order valence-corrected chi connectivity index (χ0v) is 11.7. The summed E-state index contributed by atoms with van der Waals surface area (Å²) in [5.74, 6) is 0.364. The van der Waals surface area contributed by atoms with Gasteiger partial charge >= 0.3 is 0 Å². The summed E-state index contributed by atoms with van der Waals surface area (Å²) < 4.78 is 0.809. The monoisotopic (exact) mass is 258 g/mol. The summed E-state index contributed by atoms with van der Waals surface area (Å²) in [6.07, 6.45) is 2.73. The van der Waals surface area contributed by atoms with E-state index < -0.39 is 5.60 Å². The maximum Gasteiger partial charge on any atom is 0.0931 e. The van der Waals surface area contributed by atoms with Gasteiger partial charge in [0.2, 0.25) is 0 Å². The van der Waals surface area contributed by atoms with Gasteiger partial charge in [0, 0.05) is 11.3 Å². The molecule has 0 saturated heterocycles. The Labute approximate surface area is 106 Å². The first kappa shape index (κ1) is 12.4. The average molecular weight is 259 g/mol. The van der Waals surface area contributed by atoms with Crippen molar-refractivity contribution in [2.45, 2.75) is 45.6 Å². The van der Waals surface area contributed by atoms with Crippen LogP contribution in [0.2, 0.25) is 4.34 Å². The van der Waals surface area contributed by atoms with Gasteiger partial charge in [0.1, 0.15) is 0 Å². The van der Waals surface area contributed by atoms with Gasteiger partial charge in [-0.25, -0.2) is 0 Å². The largest absolute Gasteiger partial charge is 0.389 e. The van der Waals surface area contributed by atoms with Crippen molar-refractivity contribution in [3.05, 3.63) is 21.3 Å². The Hall–Kier alpha value is -0.0500. The molecule has 3 heteroatoms. The van der Waals surface area contributed by atoms with Crippen molar-refractivity contribution >= 4 is 22.9 Å². The lowest BCUT2D eigenvalue weighted by Crippen LogP contribution is -2.34. The Morgan fingerprint density at radius 1 is 1.50 bits per heavy atom. The molecular weight excluding hydrogens is 240 g/mol. The van der Waals surface area contributed by atoms with Crippen LogP contribution in [-0.2, 0) is 6.42 Å². The van der Waals surface area contributed by atoms with Crippen molar-refractivity contribution in [1.29, 1.82) is 0 Å². The van der Waals surface area contributed by atoms with E-state index in [-0.39, 0.29) is 5.41 Å². The van der Waals surface area contributed by atoms with E-state index in [2.05, 4.69) is 20.8 Å². The molecule has 1 aromatic rings. The molecule has 1 heterocycles. The number of halogens is 1. The van der Waals surface area contributed by atoms with Crippen LogP contribution >= 0.6 is 22.9 Å². The summed E-state index contributed by atoms with van der Waals surface area (Å²) in [5, 5.41) is 10.7. The third kappa shape index (κ3) is 2.44. The highest BCUT2D eigenvalue weighted by atomic mass is 35.5. The molecule has 0 aromatic carbocycles. The first-order chi connectivity index (χ1) is 7.31. The summed E-state index contributed by atoms with van der Waals surface area (Å²) in [4.78, 5) is 1.19. The lowest BCUT2D eigenvalue weighted by molar-refractivity contribution is 0.00518. The van der Waals surface area contributed by atoms with E-state index in [0.717, 1.165) is 23.6 Å². The highest BCUT2D eigenvalue weighted by Crippen LogP contribution is 2.49. The highest BCUT2D eigenvalue weighted by Gasteiger charge is 2.47. The van der Waals surface area contributed by atoms with Gasteiger partial charge in [-0.05, 0) is 36.3 Å². The third-order valence-electron chi connectivity index (χ3n) is 3.67. The van der Waals surface area contributed by atoms with Crippen molar-refractivity contribution in [2.75, 3.05) is 0 Å². The number of hydrogen-bond donors (Lipinski definition) is 1. The standard InChI is InChI=1S/C13H19ClOS/c1-9-6-12(2,3)8-13(9,15)7-10-4-5-11(14)16-10/h4-5,9,15H,6-8H2,1-3H3. The van der Waals surface area contributed by atoms with Crippen LogP contribution in [0.4, 0.5) is 0 Å². The molecule has 1 aromatic heterocycles. The molecule has 0 aliphatic heterocycles. The zero-order valence-electron chi connectivity index (χ0n) is 10.1. The fourth-order valence-electron chi connectivity index (χ4n) is 3.08. The Bertz CT molecular complexity index is 385. The second-order valence-corrected chi connectivity index (χ2v) is 7.73. The minimum absolute atomic E-state index is 0.259. The van der Waals surface area contributed by atoms with Crippen LogP contribution in [0.1, 0.15) is 38.5 Å². The molecule has 0 bridgehead atoms. The van der Waals surface area contributed by atoms with Crippen LogP contribution < -0.4 is 0 Å². The summed E-state index contributed by atoms with van der Waals surface area (Å²) in [7, 11) is 0. The van der Waals surface area contributed by atoms with Crippen LogP contribution in [-0.4, -0.2) is 10.7 Å². The van der Waals surface area contributed by atoms with Gasteiger partial charge in [0.25, 0.3) is 0 Å². The van der Waals surface area contributed by atoms with Crippen molar-refractivity contribution in [3.63, 3.8) is 0 Å². The average Bonchev–Trinajstić information content (AvgIpc) is 2.55. The number of aliphatic hydroxyl groups is 1. The van der Waals surface area contributed by atoms with Gasteiger partial charge in [-0.1, -0.05) is 32.4 Å². The minimum Gasteiger partial charge on any atom is -0.389 e. The molecule has 2 atom stereocenters. The second kappa shape index (κ2) is 4.01. The molecule has 2 rings (SSSR count). The molecule has 1 N–H and O–H groups in total. The zero-order chi connectivity index (χ0) is 12.0. The molecule has 1 fully saturated rings. The lowest BCUT2D eigenvalue weighted by Gasteiger charge is -2.28. The number of rotatable bonds is 2. The second-order valence-electron chi connectivity index (χ2n) is 5.93. The summed E-state index contributed by atoms with van der Waals surface area (Å²) >= 11 is 7.50. The summed E-state index contributed by atoms with van der Waals surface area (Å²) in [5.41, 5.74) is -0.285. The van der Waals surface area contributed by atoms with Crippen molar-refractivity contribution in [2.24, 2.45) is 11.3 Å². The topological polar surface area (TPSA) is 20.2 Å². The molecule has 2 unspecified atom stereocenters. The van der Waals surface area contributed by atoms with Crippen molar-refractivity contribution < 1.29 is 5.11 Å². The molecule has 90 valence electrons. The van der Waals surface area contributed by atoms with E-state index in [9.17, 15) is 5.11 Å². The summed E-state index contributed by atoms with van der Waals surface area (Å²) in [6, 6.07) is 3.94. The first-order valence-corrected chi connectivity index (χ1v) is 6.97. The van der Waals surface area contributed by atoms with E-state index >= 15 is 0 Å². The number of thiophene rings is 1. The van der Waals surface area contributed by atoms with Gasteiger partial charge in [0.05, 0.1) is 9.94 Å². The molecular formula is C13H19ClOS. The Morgan fingerprint density at radius 3 is 2.62 bits per heavy atom. The predicted molar refractivity (Wildman–Crippen MR) is 70.2 cm³/mol.